The number of rotatable bonds is 9. The fourth-order valence-corrected chi connectivity index (χ4v) is 4.99. The third kappa shape index (κ3) is 6.22. The largest absolute Gasteiger partial charge is 0.497 e. The second-order valence-electron chi connectivity index (χ2n) is 10.0. The third-order valence-corrected chi connectivity index (χ3v) is 7.44. The molecule has 0 radical (unpaired) electrons. The van der Waals surface area contributed by atoms with Gasteiger partial charge in [0.15, 0.2) is 5.16 Å². The van der Waals surface area contributed by atoms with Crippen molar-refractivity contribution in [2.45, 2.75) is 31.3 Å². The van der Waals surface area contributed by atoms with Gasteiger partial charge in [-0.25, -0.2) is 4.98 Å². The van der Waals surface area contributed by atoms with Crippen molar-refractivity contribution in [3.8, 4) is 34.0 Å². The summed E-state index contributed by atoms with van der Waals surface area (Å²) in [6.07, 6.45) is 0. The summed E-state index contributed by atoms with van der Waals surface area (Å²) in [4.78, 5) is 17.7. The minimum Gasteiger partial charge on any atom is -0.497 e. The number of carbonyl (C=O) groups excluding carboxylic acids is 1. The molecule has 0 aliphatic rings. The summed E-state index contributed by atoms with van der Waals surface area (Å²) in [5, 5.41) is 3.91. The van der Waals surface area contributed by atoms with Crippen LogP contribution in [0.2, 0.25) is 0 Å². The van der Waals surface area contributed by atoms with Crippen LogP contribution in [-0.2, 0) is 12.5 Å². The van der Waals surface area contributed by atoms with E-state index in [0.717, 1.165) is 39.2 Å². The van der Waals surface area contributed by atoms with Crippen molar-refractivity contribution in [3.63, 3.8) is 0 Å². The number of nitrogens with one attached hydrogen (secondary N) is 1. The first-order valence-corrected chi connectivity index (χ1v) is 13.6. The van der Waals surface area contributed by atoms with Crippen LogP contribution in [0.25, 0.3) is 22.5 Å². The van der Waals surface area contributed by atoms with E-state index in [1.165, 1.54) is 5.56 Å². The summed E-state index contributed by atoms with van der Waals surface area (Å²) in [5.74, 6) is 2.24. The molecule has 0 atom stereocenters. The normalized spacial score (nSPS) is 11.3. The summed E-state index contributed by atoms with van der Waals surface area (Å²) in [6.45, 7) is 7.03. The SMILES string of the molecule is COc1ccc(-c2nc(SCCNC(=O)c3ccc(C(C)(C)C)cc3)n(C)c2-c2ccc(OC)cc2)cc1. The Morgan fingerprint density at radius 1 is 0.868 bits per heavy atom. The van der Waals surface area contributed by atoms with Crippen molar-refractivity contribution >= 4 is 17.7 Å². The van der Waals surface area contributed by atoms with Crippen LogP contribution in [0.5, 0.6) is 11.5 Å². The molecule has 0 saturated heterocycles. The molecular formula is C31H35N3O3S. The van der Waals surface area contributed by atoms with Gasteiger partial charge in [-0.05, 0) is 71.6 Å². The number of hydrogen-bond acceptors (Lipinski definition) is 5. The maximum Gasteiger partial charge on any atom is 0.251 e. The first-order valence-electron chi connectivity index (χ1n) is 12.6. The number of amides is 1. The number of hydrogen-bond donors (Lipinski definition) is 1. The number of ether oxygens (including phenoxy) is 2. The summed E-state index contributed by atoms with van der Waals surface area (Å²) in [6, 6.07) is 23.8. The van der Waals surface area contributed by atoms with E-state index in [-0.39, 0.29) is 11.3 Å². The number of methoxy groups -OCH3 is 2. The summed E-state index contributed by atoms with van der Waals surface area (Å²) in [7, 11) is 5.35. The molecule has 1 heterocycles. The van der Waals surface area contributed by atoms with Gasteiger partial charge < -0.3 is 19.4 Å². The molecule has 1 N–H and O–H groups in total. The zero-order valence-corrected chi connectivity index (χ0v) is 23.7. The zero-order valence-electron chi connectivity index (χ0n) is 22.9. The van der Waals surface area contributed by atoms with Crippen molar-refractivity contribution in [1.29, 1.82) is 0 Å². The molecule has 6 nitrogen and oxygen atoms in total. The molecule has 0 aliphatic heterocycles. The highest BCUT2D eigenvalue weighted by Crippen LogP contribution is 2.36. The number of imidazole rings is 1. The van der Waals surface area contributed by atoms with Gasteiger partial charge in [0.05, 0.1) is 25.6 Å². The van der Waals surface area contributed by atoms with Crippen LogP contribution in [0.15, 0.2) is 78.0 Å². The lowest BCUT2D eigenvalue weighted by Gasteiger charge is -2.19. The van der Waals surface area contributed by atoms with Gasteiger partial charge in [0.25, 0.3) is 5.91 Å². The molecule has 4 rings (SSSR count). The standard InChI is InChI=1S/C31H35N3O3S/c1-31(2,3)24-13-7-23(8-14-24)29(35)32-19-20-38-30-33-27(21-9-15-25(36-5)16-10-21)28(34(30)4)22-11-17-26(37-6)18-12-22/h7-18H,19-20H2,1-6H3,(H,32,35). The highest BCUT2D eigenvalue weighted by Gasteiger charge is 2.19. The van der Waals surface area contributed by atoms with Crippen molar-refractivity contribution < 1.29 is 14.3 Å². The maximum absolute atomic E-state index is 12.7. The molecule has 0 bridgehead atoms. The zero-order chi connectivity index (χ0) is 27.3. The van der Waals surface area contributed by atoms with E-state index in [4.69, 9.17) is 14.5 Å². The van der Waals surface area contributed by atoms with E-state index in [2.05, 4.69) is 30.7 Å². The van der Waals surface area contributed by atoms with Crippen LogP contribution in [0, 0.1) is 0 Å². The Balaban J connectivity index is 1.49. The van der Waals surface area contributed by atoms with Crippen LogP contribution in [0.1, 0.15) is 36.7 Å². The number of benzene rings is 3. The lowest BCUT2D eigenvalue weighted by molar-refractivity contribution is 0.0956. The lowest BCUT2D eigenvalue weighted by Crippen LogP contribution is -2.26. The molecule has 1 amide bonds. The lowest BCUT2D eigenvalue weighted by atomic mass is 9.87. The fraction of sp³-hybridized carbons (Fsp3) is 0.290. The summed E-state index contributed by atoms with van der Waals surface area (Å²) < 4.78 is 12.8. The Morgan fingerprint density at radius 2 is 1.42 bits per heavy atom. The minimum atomic E-state index is -0.0660. The van der Waals surface area contributed by atoms with E-state index >= 15 is 0 Å². The van der Waals surface area contributed by atoms with Crippen LogP contribution in [-0.4, -0.2) is 42.0 Å². The quantitative estimate of drug-likeness (QED) is 0.196. The van der Waals surface area contributed by atoms with Gasteiger partial charge >= 0.3 is 0 Å². The first-order chi connectivity index (χ1) is 18.2. The second kappa shape index (κ2) is 11.8. The first kappa shape index (κ1) is 27.3. The van der Waals surface area contributed by atoms with Crippen molar-refractivity contribution in [2.75, 3.05) is 26.5 Å². The smallest absolute Gasteiger partial charge is 0.251 e. The van der Waals surface area contributed by atoms with Crippen LogP contribution in [0.4, 0.5) is 0 Å². The van der Waals surface area contributed by atoms with Gasteiger partial charge in [0.1, 0.15) is 11.5 Å². The Labute approximate surface area is 229 Å². The van der Waals surface area contributed by atoms with Crippen LogP contribution < -0.4 is 14.8 Å². The maximum atomic E-state index is 12.7. The predicted molar refractivity (Wildman–Crippen MR) is 155 cm³/mol. The van der Waals surface area contributed by atoms with E-state index in [9.17, 15) is 4.79 Å². The van der Waals surface area contributed by atoms with Gasteiger partial charge in [-0.1, -0.05) is 44.7 Å². The van der Waals surface area contributed by atoms with Gasteiger partial charge in [-0.2, -0.15) is 0 Å². The average Bonchev–Trinajstić information content (AvgIpc) is 3.26. The van der Waals surface area contributed by atoms with Crippen molar-refractivity contribution in [2.24, 2.45) is 7.05 Å². The van der Waals surface area contributed by atoms with Crippen LogP contribution >= 0.6 is 11.8 Å². The van der Waals surface area contributed by atoms with Crippen molar-refractivity contribution in [3.05, 3.63) is 83.9 Å². The van der Waals surface area contributed by atoms with Crippen LogP contribution in [0.3, 0.4) is 0 Å². The van der Waals surface area contributed by atoms with E-state index in [0.29, 0.717) is 17.9 Å². The molecule has 0 saturated carbocycles. The monoisotopic (exact) mass is 529 g/mol. The molecule has 198 valence electrons. The Morgan fingerprint density at radius 3 is 1.95 bits per heavy atom. The van der Waals surface area contributed by atoms with Gasteiger partial charge in [-0.3, -0.25) is 4.79 Å². The molecule has 0 spiro atoms. The number of nitrogens with zero attached hydrogens (tertiary/aromatic N) is 2. The Hall–Kier alpha value is -3.71. The molecular weight excluding hydrogens is 494 g/mol. The molecule has 1 aromatic heterocycles. The minimum absolute atomic E-state index is 0.0586. The molecule has 0 unspecified atom stereocenters. The fourth-order valence-electron chi connectivity index (χ4n) is 4.17. The molecule has 0 fully saturated rings. The number of thioether (sulfide) groups is 1. The van der Waals surface area contributed by atoms with Gasteiger partial charge in [0.2, 0.25) is 0 Å². The Bertz CT molecular complexity index is 1370. The molecule has 3 aromatic carbocycles. The molecule has 0 aliphatic carbocycles. The van der Waals surface area contributed by atoms with Crippen molar-refractivity contribution in [1.82, 2.24) is 14.9 Å². The molecule has 7 heteroatoms. The topological polar surface area (TPSA) is 65.4 Å². The summed E-state index contributed by atoms with van der Waals surface area (Å²) in [5.41, 5.74) is 5.90. The van der Waals surface area contributed by atoms with E-state index in [1.54, 1.807) is 26.0 Å². The number of carbonyl (C=O) groups is 1. The summed E-state index contributed by atoms with van der Waals surface area (Å²) >= 11 is 1.62. The highest BCUT2D eigenvalue weighted by molar-refractivity contribution is 7.99. The third-order valence-electron chi connectivity index (χ3n) is 6.41. The second-order valence-corrected chi connectivity index (χ2v) is 11.1. The Kier molecular flexibility index (Phi) is 8.47. The van der Waals surface area contributed by atoms with E-state index < -0.39 is 0 Å². The molecule has 38 heavy (non-hydrogen) atoms. The molecule has 4 aromatic rings. The predicted octanol–water partition coefficient (Wildman–Crippen LogP) is 6.59. The average molecular weight is 530 g/mol. The van der Waals surface area contributed by atoms with E-state index in [1.807, 2.05) is 79.8 Å². The van der Waals surface area contributed by atoms with Gasteiger partial charge in [-0.15, -0.1) is 0 Å². The number of aromatic nitrogens is 2. The highest BCUT2D eigenvalue weighted by atomic mass is 32.2. The van der Waals surface area contributed by atoms with Gasteiger partial charge in [0, 0.05) is 36.0 Å².